The molecule has 9 aromatic carbocycles. The van der Waals surface area contributed by atoms with E-state index in [-0.39, 0.29) is 0 Å². The van der Waals surface area contributed by atoms with Crippen LogP contribution >= 0.6 is 0 Å². The van der Waals surface area contributed by atoms with Crippen LogP contribution in [0.3, 0.4) is 0 Å². The molecule has 3 aliphatic rings. The van der Waals surface area contributed by atoms with Crippen molar-refractivity contribution < 1.29 is 0 Å². The Morgan fingerprint density at radius 2 is 0.968 bits per heavy atom. The Morgan fingerprint density at radius 3 is 1.71 bits per heavy atom. The highest BCUT2D eigenvalue weighted by Crippen LogP contribution is 2.64. The summed E-state index contributed by atoms with van der Waals surface area (Å²) in [6.07, 6.45) is 2.89. The second-order valence-electron chi connectivity index (χ2n) is 16.7. The first-order chi connectivity index (χ1) is 31.3. The molecule has 0 radical (unpaired) electrons. The lowest BCUT2D eigenvalue weighted by atomic mass is 9.70. The average Bonchev–Trinajstić information content (AvgIpc) is 3.88. The smallest absolute Gasteiger partial charge is 0.160 e. The molecule has 3 nitrogen and oxygen atoms in total. The maximum Gasteiger partial charge on any atom is 0.160 e. The van der Waals surface area contributed by atoms with Gasteiger partial charge >= 0.3 is 0 Å². The van der Waals surface area contributed by atoms with Crippen molar-refractivity contribution in [2.24, 2.45) is 9.98 Å². The van der Waals surface area contributed by atoms with Gasteiger partial charge in [0.2, 0.25) is 0 Å². The van der Waals surface area contributed by atoms with Crippen LogP contribution in [-0.4, -0.2) is 16.1 Å². The van der Waals surface area contributed by atoms with Gasteiger partial charge in [0.1, 0.15) is 0 Å². The van der Waals surface area contributed by atoms with Crippen molar-refractivity contribution in [3.05, 3.63) is 263 Å². The summed E-state index contributed by atoms with van der Waals surface area (Å²) in [5.74, 6) is 0.703. The molecule has 0 saturated carbocycles. The minimum atomic E-state index is -0.436. The third-order valence-electron chi connectivity index (χ3n) is 13.5. The zero-order valence-electron chi connectivity index (χ0n) is 34.4. The van der Waals surface area contributed by atoms with Crippen molar-refractivity contribution in [3.8, 4) is 39.1 Å². The zero-order valence-corrected chi connectivity index (χ0v) is 34.4. The maximum absolute atomic E-state index is 5.32. The molecule has 294 valence electrons. The lowest BCUT2D eigenvalue weighted by molar-refractivity contribution is 0.794. The van der Waals surface area contributed by atoms with Gasteiger partial charge in [-0.25, -0.2) is 9.98 Å². The summed E-state index contributed by atoms with van der Waals surface area (Å²) < 4.78 is 2.54. The van der Waals surface area contributed by atoms with Crippen LogP contribution in [0, 0.1) is 0 Å². The number of hydrogen-bond acceptors (Lipinski definition) is 2. The molecule has 3 heteroatoms. The number of aromatic nitrogens is 1. The summed E-state index contributed by atoms with van der Waals surface area (Å²) in [6.45, 7) is 0. The number of rotatable bonds is 5. The van der Waals surface area contributed by atoms with Gasteiger partial charge < -0.3 is 4.57 Å². The molecule has 63 heavy (non-hydrogen) atoms. The van der Waals surface area contributed by atoms with Crippen molar-refractivity contribution in [1.29, 1.82) is 0 Å². The zero-order chi connectivity index (χ0) is 41.5. The summed E-state index contributed by atoms with van der Waals surface area (Å²) >= 11 is 0. The predicted octanol–water partition coefficient (Wildman–Crippen LogP) is 14.5. The Balaban J connectivity index is 1.05. The number of para-hydroxylation sites is 2. The standard InChI is InChI=1S/C60H39N3/c1-3-18-39(19-4-1)53-36-37-54(40-20-5-2-6-21-40)62-59(61-53)42-23-17-22-41(38-42)43-24-10-15-32-55(43)63-56-33-16-11-27-46(56)47-34-35-52-57(58(47)63)48-28-9-14-31-51(48)60(52)49-29-12-7-25-44(49)45-26-8-13-30-50(45)60/h1-36,38H,37H2. The normalized spacial score (nSPS) is 14.4. The monoisotopic (exact) mass is 801 g/mol. The minimum absolute atomic E-state index is 0.436. The van der Waals surface area contributed by atoms with Crippen molar-refractivity contribution in [1.82, 2.24) is 4.57 Å². The number of allylic oxidation sites excluding steroid dienone is 1. The van der Waals surface area contributed by atoms with Crippen LogP contribution < -0.4 is 0 Å². The molecule has 2 aliphatic carbocycles. The number of hydrogen-bond donors (Lipinski definition) is 0. The molecule has 0 atom stereocenters. The van der Waals surface area contributed by atoms with Crippen LogP contribution in [0.25, 0.3) is 66.6 Å². The number of nitrogens with zero attached hydrogens (tertiary/aromatic N) is 3. The van der Waals surface area contributed by atoms with Gasteiger partial charge in [0, 0.05) is 33.9 Å². The summed E-state index contributed by atoms with van der Waals surface area (Å²) in [5.41, 5.74) is 21.0. The average molecular weight is 802 g/mol. The van der Waals surface area contributed by atoms with E-state index in [0.717, 1.165) is 44.9 Å². The van der Waals surface area contributed by atoms with Crippen LogP contribution in [-0.2, 0) is 5.41 Å². The van der Waals surface area contributed by atoms with E-state index in [2.05, 4.69) is 223 Å². The molecule has 1 spiro atoms. The van der Waals surface area contributed by atoms with Crippen LogP contribution in [0.1, 0.15) is 45.4 Å². The van der Waals surface area contributed by atoms with Crippen molar-refractivity contribution in [2.45, 2.75) is 11.8 Å². The molecule has 0 unspecified atom stereocenters. The molecule has 0 N–H and O–H groups in total. The molecule has 2 heterocycles. The molecule has 0 amide bonds. The van der Waals surface area contributed by atoms with Crippen LogP contribution in [0.5, 0.6) is 0 Å². The predicted molar refractivity (Wildman–Crippen MR) is 261 cm³/mol. The molecule has 13 rings (SSSR count). The molecule has 1 aliphatic heterocycles. The first-order valence-electron chi connectivity index (χ1n) is 21.8. The quantitative estimate of drug-likeness (QED) is 0.166. The second-order valence-corrected chi connectivity index (χ2v) is 16.7. The number of amidine groups is 1. The van der Waals surface area contributed by atoms with Crippen LogP contribution in [0.15, 0.2) is 234 Å². The lowest BCUT2D eigenvalue weighted by Gasteiger charge is -2.30. The van der Waals surface area contributed by atoms with Crippen molar-refractivity contribution in [3.63, 3.8) is 0 Å². The van der Waals surface area contributed by atoms with Gasteiger partial charge in [0.05, 0.1) is 33.5 Å². The van der Waals surface area contributed by atoms with Gasteiger partial charge in [-0.05, 0) is 73.8 Å². The van der Waals surface area contributed by atoms with Gasteiger partial charge in [0.15, 0.2) is 5.84 Å². The van der Waals surface area contributed by atoms with E-state index in [1.807, 2.05) is 6.07 Å². The highest BCUT2D eigenvalue weighted by Gasteiger charge is 2.52. The Labute approximate surface area is 366 Å². The number of fused-ring (bicyclic) bond motifs is 14. The first kappa shape index (κ1) is 35.6. The lowest BCUT2D eigenvalue weighted by Crippen LogP contribution is -2.25. The number of benzene rings is 9. The van der Waals surface area contributed by atoms with E-state index >= 15 is 0 Å². The van der Waals surface area contributed by atoms with Crippen LogP contribution in [0.4, 0.5) is 0 Å². The minimum Gasteiger partial charge on any atom is -0.308 e. The third kappa shape index (κ3) is 5.20. The summed E-state index contributed by atoms with van der Waals surface area (Å²) in [7, 11) is 0. The van der Waals surface area contributed by atoms with E-state index in [1.165, 1.54) is 66.3 Å². The Morgan fingerprint density at radius 1 is 0.397 bits per heavy atom. The van der Waals surface area contributed by atoms with Crippen molar-refractivity contribution >= 4 is 39.1 Å². The van der Waals surface area contributed by atoms with E-state index in [4.69, 9.17) is 9.98 Å². The summed E-state index contributed by atoms with van der Waals surface area (Å²) in [6, 6.07) is 79.5. The van der Waals surface area contributed by atoms with Gasteiger partial charge in [-0.15, -0.1) is 0 Å². The van der Waals surface area contributed by atoms with Gasteiger partial charge in [-0.1, -0.05) is 206 Å². The fourth-order valence-electron chi connectivity index (χ4n) is 10.9. The molecular weight excluding hydrogens is 763 g/mol. The van der Waals surface area contributed by atoms with Crippen molar-refractivity contribution in [2.75, 3.05) is 0 Å². The topological polar surface area (TPSA) is 29.6 Å². The molecule has 0 bridgehead atoms. The largest absolute Gasteiger partial charge is 0.308 e. The molecular formula is C60H39N3. The summed E-state index contributed by atoms with van der Waals surface area (Å²) in [4.78, 5) is 10.6. The van der Waals surface area contributed by atoms with E-state index in [0.29, 0.717) is 12.3 Å². The Bertz CT molecular complexity index is 3540. The number of aliphatic imine (C=N–C) groups is 2. The maximum atomic E-state index is 5.32. The van der Waals surface area contributed by atoms with E-state index in [1.54, 1.807) is 0 Å². The molecule has 0 saturated heterocycles. The van der Waals surface area contributed by atoms with Gasteiger partial charge in [0.25, 0.3) is 0 Å². The molecule has 0 fully saturated rings. The Hall–Kier alpha value is -8.14. The van der Waals surface area contributed by atoms with Gasteiger partial charge in [-0.2, -0.15) is 0 Å². The highest BCUT2D eigenvalue weighted by atomic mass is 15.0. The second kappa shape index (κ2) is 14.0. The highest BCUT2D eigenvalue weighted by molar-refractivity contribution is 6.18. The third-order valence-corrected chi connectivity index (χ3v) is 13.5. The van der Waals surface area contributed by atoms with Gasteiger partial charge in [-0.3, -0.25) is 0 Å². The molecule has 10 aromatic rings. The van der Waals surface area contributed by atoms with E-state index in [9.17, 15) is 0 Å². The van der Waals surface area contributed by atoms with E-state index < -0.39 is 5.41 Å². The Kier molecular flexibility index (Phi) is 7.88. The fraction of sp³-hybridized carbons (Fsp3) is 0.0333. The molecule has 1 aromatic heterocycles. The fourth-order valence-corrected chi connectivity index (χ4v) is 10.9. The van der Waals surface area contributed by atoms with Crippen LogP contribution in [0.2, 0.25) is 0 Å². The SMILES string of the molecule is C1=C(c2ccccc2)N=C(c2cccc(-c3ccccc3-n3c4ccccc4c4ccc5c(c43)-c3ccccc3C53c4ccccc4-c4ccccc43)c2)N=C(c2ccccc2)C1. The summed E-state index contributed by atoms with van der Waals surface area (Å²) in [5, 5.41) is 2.48. The first-order valence-corrected chi connectivity index (χ1v) is 21.8.